The number of fused-ring (bicyclic) bond motifs is 3. The van der Waals surface area contributed by atoms with E-state index in [2.05, 4.69) is 123 Å². The van der Waals surface area contributed by atoms with Gasteiger partial charge in [0.25, 0.3) is 0 Å². The van der Waals surface area contributed by atoms with Crippen LogP contribution in [0, 0.1) is 32.9 Å². The SMILES string of the molecule is Cc1cc(-c2[c-]cccc2)ncc1[Si](C)(C)C.[2H]C([2H])(c1cc(C)cc(C)c1)c1ccnc(-c2[c-]cc([Si](C)(C)C)c3c2sc2ccccc23)c1.[Ir]. The van der Waals surface area contributed by atoms with Gasteiger partial charge in [0.1, 0.15) is 0 Å². The number of pyridine rings is 2. The topological polar surface area (TPSA) is 25.8 Å². The van der Waals surface area contributed by atoms with E-state index in [1.165, 1.54) is 36.1 Å². The van der Waals surface area contributed by atoms with Gasteiger partial charge in [-0.05, 0) is 77.1 Å². The van der Waals surface area contributed by atoms with Crippen LogP contribution in [0.15, 0.2) is 103 Å². The maximum atomic E-state index is 8.96. The van der Waals surface area contributed by atoms with Crippen molar-refractivity contribution in [2.45, 2.75) is 66.4 Å². The van der Waals surface area contributed by atoms with Crippen molar-refractivity contribution >= 4 is 58.0 Å². The van der Waals surface area contributed by atoms with Crippen LogP contribution >= 0.6 is 11.3 Å². The minimum Gasteiger partial charge on any atom is -0.305 e. The summed E-state index contributed by atoms with van der Waals surface area (Å²) in [6.45, 7) is 20.4. The van der Waals surface area contributed by atoms with Crippen molar-refractivity contribution in [3.05, 3.63) is 143 Å². The fraction of sp³-hybridized carbons (Fsp3) is 0.227. The Morgan fingerprint density at radius 1 is 0.720 bits per heavy atom. The van der Waals surface area contributed by atoms with Gasteiger partial charge < -0.3 is 9.97 Å². The summed E-state index contributed by atoms with van der Waals surface area (Å²) < 4.78 is 20.4. The van der Waals surface area contributed by atoms with E-state index in [1.54, 1.807) is 23.6 Å². The number of hydrogen-bond acceptors (Lipinski definition) is 3. The first-order valence-corrected chi connectivity index (χ1v) is 24.7. The Morgan fingerprint density at radius 2 is 1.42 bits per heavy atom. The van der Waals surface area contributed by atoms with E-state index in [1.807, 2.05) is 50.2 Å². The third-order valence-electron chi connectivity index (χ3n) is 8.69. The Bertz CT molecular complexity index is 2340. The van der Waals surface area contributed by atoms with Crippen molar-refractivity contribution in [3.63, 3.8) is 0 Å². The van der Waals surface area contributed by atoms with Crippen molar-refractivity contribution < 1.29 is 22.8 Å². The summed E-state index contributed by atoms with van der Waals surface area (Å²) in [4.78, 5) is 9.26. The second kappa shape index (κ2) is 15.4. The second-order valence-corrected chi connectivity index (χ2v) is 26.1. The zero-order valence-corrected chi connectivity index (χ0v) is 35.7. The van der Waals surface area contributed by atoms with E-state index in [0.717, 1.165) is 33.6 Å². The molecule has 7 rings (SSSR count). The first-order valence-electron chi connectivity index (χ1n) is 17.9. The minimum absolute atomic E-state index is 0. The molecule has 4 aromatic carbocycles. The summed E-state index contributed by atoms with van der Waals surface area (Å²) in [7, 11) is -2.88. The van der Waals surface area contributed by atoms with Gasteiger partial charge in [0, 0.05) is 48.0 Å². The summed E-state index contributed by atoms with van der Waals surface area (Å²) in [6.07, 6.45) is 2.16. The van der Waals surface area contributed by atoms with Gasteiger partial charge in [-0.15, -0.1) is 58.8 Å². The Labute approximate surface area is 321 Å². The van der Waals surface area contributed by atoms with Crippen molar-refractivity contribution in [2.24, 2.45) is 0 Å². The van der Waals surface area contributed by atoms with Crippen LogP contribution < -0.4 is 10.4 Å². The van der Waals surface area contributed by atoms with Gasteiger partial charge in [-0.1, -0.05) is 110 Å². The first-order chi connectivity index (χ1) is 24.0. The zero-order valence-electron chi connectivity index (χ0n) is 32.5. The molecule has 0 amide bonds. The molecule has 7 aromatic rings. The maximum absolute atomic E-state index is 8.96. The maximum Gasteiger partial charge on any atom is 0.0798 e. The molecule has 50 heavy (non-hydrogen) atoms. The molecule has 0 atom stereocenters. The normalized spacial score (nSPS) is 12.5. The van der Waals surface area contributed by atoms with Crippen LogP contribution in [0.5, 0.6) is 0 Å². The molecule has 0 aliphatic heterocycles. The molecule has 0 aliphatic rings. The smallest absolute Gasteiger partial charge is 0.0798 e. The van der Waals surface area contributed by atoms with Gasteiger partial charge in [0.15, 0.2) is 0 Å². The van der Waals surface area contributed by atoms with E-state index >= 15 is 0 Å². The first kappa shape index (κ1) is 34.9. The Hall–Kier alpha value is -3.52. The summed E-state index contributed by atoms with van der Waals surface area (Å²) in [5.74, 6) is 0. The van der Waals surface area contributed by atoms with Crippen molar-refractivity contribution in [1.29, 1.82) is 0 Å². The largest absolute Gasteiger partial charge is 0.305 e. The Balaban J connectivity index is 0.000000245. The van der Waals surface area contributed by atoms with Crippen LogP contribution in [0.3, 0.4) is 0 Å². The molecule has 3 aromatic heterocycles. The van der Waals surface area contributed by atoms with Crippen molar-refractivity contribution in [1.82, 2.24) is 9.97 Å². The molecular weight excluding hydrogens is 837 g/mol. The van der Waals surface area contributed by atoms with Crippen LogP contribution in [0.25, 0.3) is 42.7 Å². The molecule has 0 saturated carbocycles. The molecule has 0 bridgehead atoms. The predicted molar refractivity (Wildman–Crippen MR) is 219 cm³/mol. The van der Waals surface area contributed by atoms with E-state index in [9.17, 15) is 0 Å². The molecule has 0 unspecified atom stereocenters. The van der Waals surface area contributed by atoms with E-state index in [4.69, 9.17) is 2.74 Å². The van der Waals surface area contributed by atoms with Crippen LogP contribution in [-0.2, 0) is 26.5 Å². The molecule has 1 radical (unpaired) electrons. The standard InChI is InChI=1S/C29H28NSSi.C15H18NSi.Ir/c1-19-14-20(2)16-22(15-19)17-21-12-13-30-25(18-21)23-10-11-27(32(3,4)5)28-24-8-6-7-9-26(24)31-29(23)28;1-12-10-14(13-8-6-5-7-9-13)16-11-15(12)17(2,3)4;/h6-9,11-16,18H,17H2,1-5H3;5-8,10-11H,1-4H3;/q2*-1;/i17D2;;. The van der Waals surface area contributed by atoms with Crippen LogP contribution in [0.4, 0.5) is 0 Å². The molecular formula is C44H46IrN2SSi2-2. The molecule has 0 aliphatic carbocycles. The number of rotatable bonds is 6. The zero-order chi connectivity index (χ0) is 36.7. The third-order valence-corrected chi connectivity index (χ3v) is 14.0. The predicted octanol–water partition coefficient (Wildman–Crippen LogP) is 11.1. The molecule has 257 valence electrons. The average molecular weight is 885 g/mol. The van der Waals surface area contributed by atoms with Crippen molar-refractivity contribution in [2.75, 3.05) is 0 Å². The number of aryl methyl sites for hydroxylation is 3. The van der Waals surface area contributed by atoms with E-state index < -0.39 is 22.5 Å². The van der Waals surface area contributed by atoms with Gasteiger partial charge in [0.05, 0.1) is 8.07 Å². The van der Waals surface area contributed by atoms with Gasteiger partial charge >= 0.3 is 0 Å². The fourth-order valence-corrected chi connectivity index (χ4v) is 11.0. The number of benzene rings is 4. The van der Waals surface area contributed by atoms with Gasteiger partial charge in [0.2, 0.25) is 0 Å². The Kier molecular flexibility index (Phi) is 10.7. The van der Waals surface area contributed by atoms with Gasteiger partial charge in [-0.3, -0.25) is 0 Å². The fourth-order valence-electron chi connectivity index (χ4n) is 6.45. The summed E-state index contributed by atoms with van der Waals surface area (Å²) in [5, 5.41) is 5.46. The minimum atomic E-state index is -1.62. The van der Waals surface area contributed by atoms with Crippen LogP contribution in [0.1, 0.15) is 30.6 Å². The summed E-state index contributed by atoms with van der Waals surface area (Å²) in [5.41, 5.74) is 8.58. The number of thiophene rings is 1. The number of nitrogens with zero attached hydrogens (tertiary/aromatic N) is 2. The van der Waals surface area contributed by atoms with E-state index in [0.29, 0.717) is 11.1 Å². The third kappa shape index (κ3) is 8.50. The van der Waals surface area contributed by atoms with Gasteiger partial charge in [-0.25, -0.2) is 0 Å². The van der Waals surface area contributed by atoms with E-state index in [-0.39, 0.29) is 20.1 Å². The summed E-state index contributed by atoms with van der Waals surface area (Å²) in [6, 6.07) is 37.3. The Morgan fingerprint density at radius 3 is 2.08 bits per heavy atom. The molecule has 6 heteroatoms. The average Bonchev–Trinajstić information content (AvgIpc) is 3.47. The molecule has 0 N–H and O–H groups in total. The molecule has 0 fully saturated rings. The molecule has 0 saturated heterocycles. The van der Waals surface area contributed by atoms with Crippen molar-refractivity contribution in [3.8, 4) is 22.5 Å². The second-order valence-electron chi connectivity index (χ2n) is 15.0. The summed E-state index contributed by atoms with van der Waals surface area (Å²) >= 11 is 1.78. The quantitative estimate of drug-likeness (QED) is 0.123. The number of aromatic nitrogens is 2. The molecule has 2 nitrogen and oxygen atoms in total. The molecule has 0 spiro atoms. The molecule has 3 heterocycles. The van der Waals surface area contributed by atoms with Crippen LogP contribution in [-0.4, -0.2) is 26.1 Å². The van der Waals surface area contributed by atoms with Gasteiger partial charge in [-0.2, -0.15) is 11.3 Å². The number of hydrogen-bond donors (Lipinski definition) is 0. The monoisotopic (exact) mass is 885 g/mol. The van der Waals surface area contributed by atoms with Crippen LogP contribution in [0.2, 0.25) is 39.3 Å².